The van der Waals surface area contributed by atoms with Crippen LogP contribution in [0, 0.1) is 5.82 Å². The Morgan fingerprint density at radius 3 is 2.61 bits per heavy atom. The van der Waals surface area contributed by atoms with Crippen LogP contribution in [0.5, 0.6) is 0 Å². The number of aromatic nitrogens is 3. The summed E-state index contributed by atoms with van der Waals surface area (Å²) < 4.78 is 48.3. The van der Waals surface area contributed by atoms with E-state index in [1.54, 1.807) is 19.4 Å². The van der Waals surface area contributed by atoms with E-state index in [1.807, 2.05) is 26.0 Å². The van der Waals surface area contributed by atoms with Crippen molar-refractivity contribution in [3.63, 3.8) is 0 Å². The Morgan fingerprint density at radius 1 is 1.13 bits per heavy atom. The molecular formula is C26H29F4N7O. The summed E-state index contributed by atoms with van der Waals surface area (Å²) in [6.45, 7) is 4.33. The molecule has 202 valence electrons. The van der Waals surface area contributed by atoms with Gasteiger partial charge in [0.15, 0.2) is 0 Å². The highest BCUT2D eigenvalue weighted by atomic mass is 19.3. The van der Waals surface area contributed by atoms with Gasteiger partial charge in [0.1, 0.15) is 17.3 Å². The molecule has 0 unspecified atom stereocenters. The quantitative estimate of drug-likeness (QED) is 0.152. The molecule has 0 fully saturated rings. The summed E-state index contributed by atoms with van der Waals surface area (Å²) in [4.78, 5) is 28.0. The Balaban J connectivity index is 0.00000121. The third-order valence-electron chi connectivity index (χ3n) is 4.95. The summed E-state index contributed by atoms with van der Waals surface area (Å²) >= 11 is 0. The second-order valence-electron chi connectivity index (χ2n) is 7.16. The standard InChI is InChI=1S/C23H20F3N7O.C2H6.CH3F/c1-27-19-9-15(2-3-18(19)30-12-20(25)26)33-23(34)17-8-14(24)11-32-22(17)31-10-13-4-6-28-21-16(13)5-7-29-21;2*1-2/h2-9,11-12,20,27H,10H2,1H3,(H,28,29)(H,31,32)(H,33,34);1-2H3;1H3. The molecule has 0 saturated heterocycles. The van der Waals surface area contributed by atoms with Crippen LogP contribution in [-0.2, 0) is 6.54 Å². The van der Waals surface area contributed by atoms with Gasteiger partial charge in [-0.2, -0.15) is 0 Å². The summed E-state index contributed by atoms with van der Waals surface area (Å²) in [7, 11) is 2.10. The SMILES string of the molecule is CC.CF.CNc1cc(NC(=O)c2cc(F)cnc2NCc2ccnc3[nH]ccc23)ccc1N=CC(F)F. The van der Waals surface area contributed by atoms with Gasteiger partial charge in [0.05, 0.1) is 36.5 Å². The van der Waals surface area contributed by atoms with Crippen LogP contribution in [0.3, 0.4) is 0 Å². The maximum Gasteiger partial charge on any atom is 0.273 e. The van der Waals surface area contributed by atoms with Crippen molar-refractivity contribution < 1.29 is 22.4 Å². The smallest absolute Gasteiger partial charge is 0.273 e. The van der Waals surface area contributed by atoms with Crippen LogP contribution in [0.2, 0.25) is 0 Å². The molecule has 4 aromatic rings. The Kier molecular flexibility index (Phi) is 11.7. The van der Waals surface area contributed by atoms with Gasteiger partial charge in [-0.25, -0.2) is 23.1 Å². The predicted octanol–water partition coefficient (Wildman–Crippen LogP) is 6.58. The number of halogens is 4. The number of pyridine rings is 2. The molecule has 38 heavy (non-hydrogen) atoms. The number of hydrogen-bond donors (Lipinski definition) is 4. The highest BCUT2D eigenvalue weighted by Gasteiger charge is 2.16. The summed E-state index contributed by atoms with van der Waals surface area (Å²) in [5, 5.41) is 9.51. The Morgan fingerprint density at radius 2 is 1.89 bits per heavy atom. The van der Waals surface area contributed by atoms with Gasteiger partial charge >= 0.3 is 0 Å². The van der Waals surface area contributed by atoms with Gasteiger partial charge in [-0.1, -0.05) is 13.8 Å². The van der Waals surface area contributed by atoms with Gasteiger partial charge in [-0.15, -0.1) is 0 Å². The second kappa shape index (κ2) is 14.9. The number of amides is 1. The molecule has 0 spiro atoms. The number of carbonyl (C=O) groups is 1. The number of rotatable bonds is 8. The summed E-state index contributed by atoms with van der Waals surface area (Å²) in [6, 6.07) is 9.34. The number of benzene rings is 1. The largest absolute Gasteiger partial charge is 0.386 e. The van der Waals surface area contributed by atoms with E-state index >= 15 is 0 Å². The van der Waals surface area contributed by atoms with Crippen molar-refractivity contribution in [3.05, 3.63) is 71.9 Å². The lowest BCUT2D eigenvalue weighted by molar-refractivity contribution is 0.102. The van der Waals surface area contributed by atoms with Crippen molar-refractivity contribution in [3.8, 4) is 0 Å². The van der Waals surface area contributed by atoms with Crippen LogP contribution in [0.1, 0.15) is 29.8 Å². The van der Waals surface area contributed by atoms with Crippen LogP contribution < -0.4 is 16.0 Å². The number of carbonyl (C=O) groups excluding carboxylic acids is 1. The van der Waals surface area contributed by atoms with Gasteiger partial charge in [-0.05, 0) is 42.0 Å². The average Bonchev–Trinajstić information content (AvgIpc) is 3.43. The van der Waals surface area contributed by atoms with Crippen molar-refractivity contribution >= 4 is 46.0 Å². The van der Waals surface area contributed by atoms with E-state index in [0.29, 0.717) is 31.3 Å². The van der Waals surface area contributed by atoms with Gasteiger partial charge in [0.2, 0.25) is 0 Å². The number of aliphatic imine (C=N–C) groups is 1. The zero-order valence-corrected chi connectivity index (χ0v) is 21.3. The molecule has 3 aromatic heterocycles. The van der Waals surface area contributed by atoms with Crippen molar-refractivity contribution in [2.75, 3.05) is 30.2 Å². The maximum atomic E-state index is 13.9. The normalized spacial score (nSPS) is 10.4. The molecule has 4 rings (SSSR count). The monoisotopic (exact) mass is 531 g/mol. The molecule has 1 amide bonds. The minimum absolute atomic E-state index is 0.00479. The number of anilines is 3. The number of alkyl halides is 3. The molecule has 3 heterocycles. The van der Waals surface area contributed by atoms with Crippen LogP contribution in [0.25, 0.3) is 11.0 Å². The highest BCUT2D eigenvalue weighted by molar-refractivity contribution is 6.07. The molecule has 0 radical (unpaired) electrons. The minimum Gasteiger partial charge on any atom is -0.386 e. The fourth-order valence-electron chi connectivity index (χ4n) is 3.37. The van der Waals surface area contributed by atoms with E-state index in [0.717, 1.165) is 28.9 Å². The molecule has 1 aromatic carbocycles. The molecule has 0 aliphatic rings. The lowest BCUT2D eigenvalue weighted by atomic mass is 10.1. The van der Waals surface area contributed by atoms with E-state index in [9.17, 15) is 22.4 Å². The minimum atomic E-state index is -2.68. The first-order valence-corrected chi connectivity index (χ1v) is 11.6. The Labute approximate surface area is 217 Å². The van der Waals surface area contributed by atoms with Crippen molar-refractivity contribution in [1.82, 2.24) is 15.0 Å². The number of fused-ring (bicyclic) bond motifs is 1. The van der Waals surface area contributed by atoms with E-state index in [1.165, 1.54) is 18.2 Å². The second-order valence-corrected chi connectivity index (χ2v) is 7.16. The van der Waals surface area contributed by atoms with Gasteiger partial charge in [0.25, 0.3) is 12.3 Å². The molecule has 0 atom stereocenters. The molecule has 4 N–H and O–H groups in total. The highest BCUT2D eigenvalue weighted by Crippen LogP contribution is 2.29. The summed E-state index contributed by atoms with van der Waals surface area (Å²) in [5.74, 6) is -1.06. The van der Waals surface area contributed by atoms with E-state index in [-0.39, 0.29) is 17.1 Å². The number of hydrogen-bond acceptors (Lipinski definition) is 6. The van der Waals surface area contributed by atoms with Crippen molar-refractivity contribution in [1.29, 1.82) is 0 Å². The van der Waals surface area contributed by atoms with E-state index < -0.39 is 18.1 Å². The number of aromatic amines is 1. The fraction of sp³-hybridized carbons (Fsp3) is 0.231. The maximum absolute atomic E-state index is 13.9. The molecular weight excluding hydrogens is 502 g/mol. The third kappa shape index (κ3) is 7.76. The number of nitrogens with one attached hydrogen (secondary N) is 4. The lowest BCUT2D eigenvalue weighted by Gasteiger charge is -2.13. The van der Waals surface area contributed by atoms with Gasteiger partial charge in [-0.3, -0.25) is 14.2 Å². The molecule has 8 nitrogen and oxygen atoms in total. The average molecular weight is 532 g/mol. The summed E-state index contributed by atoms with van der Waals surface area (Å²) in [5.41, 5.74) is 2.73. The molecule has 0 aliphatic heterocycles. The molecule has 0 aliphatic carbocycles. The van der Waals surface area contributed by atoms with Crippen LogP contribution in [0.15, 0.2) is 60.0 Å². The zero-order valence-electron chi connectivity index (χ0n) is 21.3. The zero-order chi connectivity index (χ0) is 28.1. The Hall–Kier alpha value is -4.48. The lowest BCUT2D eigenvalue weighted by Crippen LogP contribution is -2.16. The van der Waals surface area contributed by atoms with E-state index in [2.05, 4.69) is 35.9 Å². The van der Waals surface area contributed by atoms with Crippen molar-refractivity contribution in [2.24, 2.45) is 4.99 Å². The number of H-pyrrole nitrogens is 1. The molecule has 0 bridgehead atoms. The van der Waals surface area contributed by atoms with Gasteiger partial charge < -0.3 is 20.9 Å². The van der Waals surface area contributed by atoms with Gasteiger partial charge in [0, 0.05) is 37.1 Å². The van der Waals surface area contributed by atoms with Crippen molar-refractivity contribution in [2.45, 2.75) is 26.8 Å². The first-order chi connectivity index (χ1) is 18.4. The molecule has 12 heteroatoms. The van der Waals surface area contributed by atoms with Crippen LogP contribution in [0.4, 0.5) is 40.4 Å². The summed E-state index contributed by atoms with van der Waals surface area (Å²) in [6.07, 6.45) is 2.30. The molecule has 0 saturated carbocycles. The van der Waals surface area contributed by atoms with Crippen LogP contribution in [-0.4, -0.2) is 47.7 Å². The first kappa shape index (κ1) is 29.7. The van der Waals surface area contributed by atoms with E-state index in [4.69, 9.17) is 0 Å². The Bertz CT molecular complexity index is 1360. The predicted molar refractivity (Wildman–Crippen MR) is 144 cm³/mol. The van der Waals surface area contributed by atoms with Crippen LogP contribution >= 0.6 is 0 Å². The topological polar surface area (TPSA) is 107 Å². The first-order valence-electron chi connectivity index (χ1n) is 11.6. The number of nitrogens with zero attached hydrogens (tertiary/aromatic N) is 3. The fourth-order valence-corrected chi connectivity index (χ4v) is 3.37. The third-order valence-corrected chi connectivity index (χ3v) is 4.95.